The van der Waals surface area contributed by atoms with Crippen molar-refractivity contribution in [1.29, 1.82) is 0 Å². The van der Waals surface area contributed by atoms with Crippen LogP contribution >= 0.6 is 0 Å². The fourth-order valence-electron chi connectivity index (χ4n) is 1.59. The molecule has 1 aromatic rings. The van der Waals surface area contributed by atoms with Gasteiger partial charge in [-0.05, 0) is 12.1 Å². The quantitative estimate of drug-likeness (QED) is 0.562. The van der Waals surface area contributed by atoms with Crippen molar-refractivity contribution in [2.75, 3.05) is 25.1 Å². The Hall–Kier alpha value is -2.11. The van der Waals surface area contributed by atoms with Crippen LogP contribution in [0.3, 0.4) is 0 Å². The van der Waals surface area contributed by atoms with Crippen LogP contribution in [0, 0.1) is 5.82 Å². The molecule has 17 heavy (non-hydrogen) atoms. The van der Waals surface area contributed by atoms with Crippen LogP contribution in [0.4, 0.5) is 10.1 Å². The average molecular weight is 239 g/mol. The maximum Gasteiger partial charge on any atom is 0.333 e. The predicted octanol–water partition coefficient (Wildman–Crippen LogP) is 0.724. The predicted molar refractivity (Wildman–Crippen MR) is 56.3 cm³/mol. The van der Waals surface area contributed by atoms with Gasteiger partial charge in [-0.2, -0.15) is 0 Å². The van der Waals surface area contributed by atoms with Crippen molar-refractivity contribution in [2.24, 2.45) is 0 Å². The lowest BCUT2D eigenvalue weighted by Gasteiger charge is -2.26. The van der Waals surface area contributed by atoms with E-state index in [-0.39, 0.29) is 18.8 Å². The number of benzene rings is 1. The summed E-state index contributed by atoms with van der Waals surface area (Å²) in [6.45, 7) is -0.314. The molecule has 1 aliphatic heterocycles. The molecular formula is C11H10FNO4. The van der Waals surface area contributed by atoms with Gasteiger partial charge < -0.3 is 14.4 Å². The van der Waals surface area contributed by atoms with Crippen LogP contribution in [-0.4, -0.2) is 32.1 Å². The summed E-state index contributed by atoms with van der Waals surface area (Å²) in [5, 5.41) is 0. The molecule has 0 saturated carbocycles. The summed E-state index contributed by atoms with van der Waals surface area (Å²) in [6.07, 6.45) is 0. The molecule has 2 rings (SSSR count). The van der Waals surface area contributed by atoms with Gasteiger partial charge in [-0.15, -0.1) is 0 Å². The standard InChI is InChI=1S/C11H10FNO4/c1-16-7-2-3-8(12)9(4-7)13-5-10(14)17-11(15)6-13/h2-4H,5-6H2,1H3. The lowest BCUT2D eigenvalue weighted by Crippen LogP contribution is -2.43. The maximum atomic E-state index is 13.6. The van der Waals surface area contributed by atoms with Gasteiger partial charge in [-0.25, -0.2) is 14.0 Å². The van der Waals surface area contributed by atoms with Gasteiger partial charge in [-0.3, -0.25) is 0 Å². The van der Waals surface area contributed by atoms with Crippen molar-refractivity contribution in [1.82, 2.24) is 0 Å². The van der Waals surface area contributed by atoms with Gasteiger partial charge in [0.25, 0.3) is 0 Å². The molecule has 0 aromatic heterocycles. The molecule has 1 aromatic carbocycles. The Morgan fingerprint density at radius 2 is 1.94 bits per heavy atom. The number of carbonyl (C=O) groups is 2. The van der Waals surface area contributed by atoms with Crippen molar-refractivity contribution in [2.45, 2.75) is 0 Å². The molecule has 0 spiro atoms. The number of hydrogen-bond donors (Lipinski definition) is 0. The van der Waals surface area contributed by atoms with Crippen LogP contribution in [0.1, 0.15) is 0 Å². The summed E-state index contributed by atoms with van der Waals surface area (Å²) in [7, 11) is 1.45. The number of nitrogens with zero attached hydrogens (tertiary/aromatic N) is 1. The highest BCUT2D eigenvalue weighted by molar-refractivity contribution is 5.94. The number of esters is 2. The van der Waals surface area contributed by atoms with Gasteiger partial charge in [0.1, 0.15) is 24.7 Å². The second kappa shape index (κ2) is 4.40. The first-order valence-corrected chi connectivity index (χ1v) is 4.92. The van der Waals surface area contributed by atoms with Crippen LogP contribution in [0.15, 0.2) is 18.2 Å². The van der Waals surface area contributed by atoms with E-state index in [9.17, 15) is 14.0 Å². The Balaban J connectivity index is 2.32. The first-order chi connectivity index (χ1) is 8.10. The minimum atomic E-state index is -0.691. The number of methoxy groups -OCH3 is 1. The molecule has 1 saturated heterocycles. The van der Waals surface area contributed by atoms with Crippen molar-refractivity contribution >= 4 is 17.6 Å². The number of rotatable bonds is 2. The zero-order chi connectivity index (χ0) is 12.4. The second-order valence-corrected chi connectivity index (χ2v) is 3.52. The zero-order valence-corrected chi connectivity index (χ0v) is 9.10. The number of morpholine rings is 1. The third kappa shape index (κ3) is 2.35. The molecule has 90 valence electrons. The van der Waals surface area contributed by atoms with Crippen molar-refractivity contribution < 1.29 is 23.5 Å². The van der Waals surface area contributed by atoms with Crippen molar-refractivity contribution in [3.8, 4) is 5.75 Å². The van der Waals surface area contributed by atoms with Crippen LogP contribution in [0.25, 0.3) is 0 Å². The first-order valence-electron chi connectivity index (χ1n) is 4.92. The number of ether oxygens (including phenoxy) is 2. The van der Waals surface area contributed by atoms with E-state index in [1.165, 1.54) is 30.2 Å². The summed E-state index contributed by atoms with van der Waals surface area (Å²) >= 11 is 0. The van der Waals surface area contributed by atoms with Crippen molar-refractivity contribution in [3.63, 3.8) is 0 Å². The topological polar surface area (TPSA) is 55.8 Å². The monoisotopic (exact) mass is 239 g/mol. The van der Waals surface area contributed by atoms with E-state index < -0.39 is 17.8 Å². The van der Waals surface area contributed by atoms with Gasteiger partial charge >= 0.3 is 11.9 Å². The Kier molecular flexibility index (Phi) is 2.95. The number of halogens is 1. The molecule has 0 N–H and O–H groups in total. The molecule has 6 heteroatoms. The molecular weight excluding hydrogens is 229 g/mol. The second-order valence-electron chi connectivity index (χ2n) is 3.52. The summed E-state index contributed by atoms with van der Waals surface area (Å²) in [5.41, 5.74) is 0.148. The molecule has 0 unspecified atom stereocenters. The smallest absolute Gasteiger partial charge is 0.333 e. The van der Waals surface area contributed by atoms with E-state index in [0.29, 0.717) is 5.75 Å². The molecule has 1 aliphatic rings. The molecule has 0 radical (unpaired) electrons. The Bertz CT molecular complexity index is 459. The Morgan fingerprint density at radius 1 is 1.29 bits per heavy atom. The number of carbonyl (C=O) groups excluding carboxylic acids is 2. The third-order valence-electron chi connectivity index (χ3n) is 2.36. The average Bonchev–Trinajstić information content (AvgIpc) is 2.28. The summed E-state index contributed by atoms with van der Waals surface area (Å²) in [6, 6.07) is 4.11. The lowest BCUT2D eigenvalue weighted by atomic mass is 10.2. The SMILES string of the molecule is COc1ccc(F)c(N2CC(=O)OC(=O)C2)c1. The highest BCUT2D eigenvalue weighted by Crippen LogP contribution is 2.25. The summed E-state index contributed by atoms with van der Waals surface area (Å²) in [5.74, 6) is -1.45. The van der Waals surface area contributed by atoms with Gasteiger partial charge in [-0.1, -0.05) is 0 Å². The highest BCUT2D eigenvalue weighted by Gasteiger charge is 2.26. The Morgan fingerprint density at radius 3 is 2.53 bits per heavy atom. The zero-order valence-electron chi connectivity index (χ0n) is 9.10. The normalized spacial score (nSPS) is 15.8. The molecule has 5 nitrogen and oxygen atoms in total. The minimum absolute atomic E-state index is 0.148. The van der Waals surface area contributed by atoms with Crippen LogP contribution < -0.4 is 9.64 Å². The molecule has 1 fully saturated rings. The fraction of sp³-hybridized carbons (Fsp3) is 0.273. The van der Waals surface area contributed by atoms with E-state index in [0.717, 1.165) is 0 Å². The first kappa shape index (κ1) is 11.4. The maximum absolute atomic E-state index is 13.6. The van der Waals surface area contributed by atoms with Crippen LogP contribution in [-0.2, 0) is 14.3 Å². The fourth-order valence-corrected chi connectivity index (χ4v) is 1.59. The lowest BCUT2D eigenvalue weighted by molar-refractivity contribution is -0.160. The van der Waals surface area contributed by atoms with Crippen LogP contribution in [0.2, 0.25) is 0 Å². The largest absolute Gasteiger partial charge is 0.497 e. The van der Waals surface area contributed by atoms with E-state index in [4.69, 9.17) is 4.74 Å². The molecule has 0 atom stereocenters. The molecule has 0 bridgehead atoms. The Labute approximate surface area is 96.7 Å². The van der Waals surface area contributed by atoms with E-state index >= 15 is 0 Å². The molecule has 0 amide bonds. The summed E-state index contributed by atoms with van der Waals surface area (Å²) in [4.78, 5) is 23.5. The minimum Gasteiger partial charge on any atom is -0.497 e. The molecule has 0 aliphatic carbocycles. The van der Waals surface area contributed by atoms with E-state index in [1.54, 1.807) is 0 Å². The van der Waals surface area contributed by atoms with Gasteiger partial charge in [0.15, 0.2) is 0 Å². The van der Waals surface area contributed by atoms with E-state index in [2.05, 4.69) is 4.74 Å². The number of cyclic esters (lactones) is 2. The molecule has 1 heterocycles. The number of hydrogen-bond acceptors (Lipinski definition) is 5. The van der Waals surface area contributed by atoms with Gasteiger partial charge in [0, 0.05) is 6.07 Å². The number of anilines is 1. The third-order valence-corrected chi connectivity index (χ3v) is 2.36. The van der Waals surface area contributed by atoms with Crippen LogP contribution in [0.5, 0.6) is 5.75 Å². The van der Waals surface area contributed by atoms with E-state index in [1.807, 2.05) is 0 Å². The summed E-state index contributed by atoms with van der Waals surface area (Å²) < 4.78 is 22.9. The van der Waals surface area contributed by atoms with Gasteiger partial charge in [0.2, 0.25) is 0 Å². The highest BCUT2D eigenvalue weighted by atomic mass is 19.1. The van der Waals surface area contributed by atoms with Gasteiger partial charge in [0.05, 0.1) is 12.8 Å². The van der Waals surface area contributed by atoms with Crippen molar-refractivity contribution in [3.05, 3.63) is 24.0 Å².